The SMILES string of the molecule is CON=C(C(=O)N[C@H]1C(=O)N2[C@@H]1CCC(C)=S2C(=O)OCOC(=O)S1=C(C)CC[C@@H]2[C@@H](NC(=O)C(=NOC)c3csc(N)n3)C(=O)N21)c1csc(N)n1. The number of rotatable bonds is 10. The number of hydrogen-bond donors (Lipinski definition) is 4. The van der Waals surface area contributed by atoms with Crippen molar-refractivity contribution < 1.29 is 47.9 Å². The van der Waals surface area contributed by atoms with Gasteiger partial charge in [0.05, 0.1) is 12.1 Å². The van der Waals surface area contributed by atoms with Crippen molar-refractivity contribution in [2.45, 2.75) is 63.7 Å². The fraction of sp³-hybridized carbons (Fsp3) is 0.448. The molecule has 0 bridgehead atoms. The maximum absolute atomic E-state index is 13.3. The fourth-order valence-electron chi connectivity index (χ4n) is 6.09. The summed E-state index contributed by atoms with van der Waals surface area (Å²) >= 11 is 2.22. The maximum Gasteiger partial charge on any atom is 0.383 e. The van der Waals surface area contributed by atoms with Crippen LogP contribution in [-0.2, 0) is 38.3 Å². The molecule has 2 aromatic heterocycles. The lowest BCUT2D eigenvalue weighted by Gasteiger charge is -2.50. The van der Waals surface area contributed by atoms with E-state index in [9.17, 15) is 28.8 Å². The van der Waals surface area contributed by atoms with Gasteiger partial charge in [-0.15, -0.1) is 22.7 Å². The van der Waals surface area contributed by atoms with Crippen LogP contribution >= 0.6 is 44.0 Å². The third kappa shape index (κ3) is 7.22. The van der Waals surface area contributed by atoms with Crippen LogP contribution in [0.15, 0.2) is 21.1 Å². The van der Waals surface area contributed by atoms with Crippen molar-refractivity contribution in [3.63, 3.8) is 0 Å². The van der Waals surface area contributed by atoms with Gasteiger partial charge in [-0.05, 0) is 49.3 Å². The summed E-state index contributed by atoms with van der Waals surface area (Å²) in [6.45, 7) is 2.70. The van der Waals surface area contributed by atoms with Crippen LogP contribution in [0, 0.1) is 0 Å². The van der Waals surface area contributed by atoms with Crippen LogP contribution in [0.2, 0.25) is 0 Å². The van der Waals surface area contributed by atoms with Gasteiger partial charge in [0, 0.05) is 32.1 Å². The maximum atomic E-state index is 13.3. The molecule has 6 atom stereocenters. The minimum absolute atomic E-state index is 0.161. The zero-order valence-electron chi connectivity index (χ0n) is 28.6. The van der Waals surface area contributed by atoms with Gasteiger partial charge in [0.15, 0.2) is 21.7 Å². The first kappa shape index (κ1) is 37.8. The molecular formula is C29H34N10O10S4. The minimum atomic E-state index is -1.42. The third-order valence-corrected chi connectivity index (χ3v) is 14.2. The molecule has 53 heavy (non-hydrogen) atoms. The number of amides is 4. The van der Waals surface area contributed by atoms with Crippen molar-refractivity contribution in [1.82, 2.24) is 29.2 Å². The van der Waals surface area contributed by atoms with E-state index < -0.39 is 86.5 Å². The second-order valence-electron chi connectivity index (χ2n) is 11.7. The summed E-state index contributed by atoms with van der Waals surface area (Å²) < 4.78 is 13.4. The van der Waals surface area contributed by atoms with E-state index in [0.29, 0.717) is 35.4 Å². The summed E-state index contributed by atoms with van der Waals surface area (Å²) in [5, 5.41) is 14.7. The van der Waals surface area contributed by atoms with E-state index in [1.807, 2.05) is 0 Å². The molecule has 4 aliphatic rings. The highest BCUT2D eigenvalue weighted by Crippen LogP contribution is 2.44. The molecule has 0 saturated carbocycles. The van der Waals surface area contributed by atoms with Gasteiger partial charge in [0.25, 0.3) is 23.6 Å². The number of anilines is 2. The number of β-lactam (4-membered cyclic amide) rings is 2. The molecule has 24 heteroatoms. The minimum Gasteiger partial charge on any atom is -0.419 e. The molecular weight excluding hydrogens is 777 g/mol. The lowest BCUT2D eigenvalue weighted by molar-refractivity contribution is -0.144. The molecule has 0 aromatic carbocycles. The first-order chi connectivity index (χ1) is 25.4. The summed E-state index contributed by atoms with van der Waals surface area (Å²) in [6, 6.07) is -2.86. The molecule has 6 rings (SSSR count). The first-order valence-corrected chi connectivity index (χ1v) is 19.9. The molecule has 6 heterocycles. The lowest BCUT2D eigenvalue weighted by Crippen LogP contribution is -2.70. The largest absolute Gasteiger partial charge is 0.419 e. The Balaban J connectivity index is 1.04. The van der Waals surface area contributed by atoms with Crippen molar-refractivity contribution in [3.8, 4) is 0 Å². The summed E-state index contributed by atoms with van der Waals surface area (Å²) in [5.41, 5.74) is 11.4. The van der Waals surface area contributed by atoms with E-state index >= 15 is 0 Å². The number of aromatic nitrogens is 2. The predicted octanol–water partition coefficient (Wildman–Crippen LogP) is 1.13. The smallest absolute Gasteiger partial charge is 0.383 e. The van der Waals surface area contributed by atoms with Gasteiger partial charge in [0.2, 0.25) is 6.79 Å². The normalized spacial score (nSPS) is 25.4. The van der Waals surface area contributed by atoms with Gasteiger partial charge in [-0.25, -0.2) is 19.6 Å². The Morgan fingerprint density at radius 1 is 0.792 bits per heavy atom. The molecule has 2 saturated heterocycles. The number of carbonyl (C=O) groups is 6. The van der Waals surface area contributed by atoms with Gasteiger partial charge < -0.3 is 41.2 Å². The number of oxime groups is 2. The van der Waals surface area contributed by atoms with Gasteiger partial charge >= 0.3 is 10.6 Å². The molecule has 284 valence electrons. The molecule has 6 N–H and O–H groups in total. The number of nitrogen functional groups attached to an aromatic ring is 2. The Bertz CT molecular complexity index is 1890. The predicted molar refractivity (Wildman–Crippen MR) is 198 cm³/mol. The number of nitrogens with one attached hydrogen (secondary N) is 2. The Morgan fingerprint density at radius 2 is 1.19 bits per heavy atom. The van der Waals surface area contributed by atoms with Crippen molar-refractivity contribution in [2.75, 3.05) is 32.5 Å². The zero-order chi connectivity index (χ0) is 38.1. The van der Waals surface area contributed by atoms with Gasteiger partial charge in [0.1, 0.15) is 37.7 Å². The van der Waals surface area contributed by atoms with Crippen LogP contribution in [0.4, 0.5) is 19.9 Å². The van der Waals surface area contributed by atoms with Crippen LogP contribution < -0.4 is 22.1 Å². The Labute approximate surface area is 314 Å². The number of thiazole rings is 2. The number of ether oxygens (including phenoxy) is 2. The van der Waals surface area contributed by atoms with Crippen molar-refractivity contribution in [3.05, 3.63) is 22.1 Å². The summed E-state index contributed by atoms with van der Waals surface area (Å²) in [7, 11) is -0.311. The quantitative estimate of drug-likeness (QED) is 0.0654. The Kier molecular flexibility index (Phi) is 11.1. The summed E-state index contributed by atoms with van der Waals surface area (Å²) in [6.07, 6.45) is 1.92. The third-order valence-electron chi connectivity index (χ3n) is 8.54. The van der Waals surface area contributed by atoms with Crippen LogP contribution in [-0.4, -0.2) is 119 Å². The first-order valence-electron chi connectivity index (χ1n) is 15.8. The number of carbonyl (C=O) groups excluding carboxylic acids is 6. The van der Waals surface area contributed by atoms with E-state index in [0.717, 1.165) is 22.7 Å². The van der Waals surface area contributed by atoms with Crippen LogP contribution in [0.3, 0.4) is 0 Å². The molecule has 2 aromatic rings. The van der Waals surface area contributed by atoms with Crippen molar-refractivity contribution in [2.24, 2.45) is 10.3 Å². The second-order valence-corrected chi connectivity index (χ2v) is 17.5. The highest BCUT2D eigenvalue weighted by molar-refractivity contribution is 8.27. The van der Waals surface area contributed by atoms with E-state index in [2.05, 4.69) is 30.9 Å². The topological polar surface area (TPSA) is 272 Å². The van der Waals surface area contributed by atoms with Crippen LogP contribution in [0.25, 0.3) is 0 Å². The van der Waals surface area contributed by atoms with Gasteiger partial charge in [-0.1, -0.05) is 10.3 Å². The van der Waals surface area contributed by atoms with E-state index in [1.54, 1.807) is 13.8 Å². The molecule has 0 radical (unpaired) electrons. The zero-order valence-corrected chi connectivity index (χ0v) is 31.8. The second kappa shape index (κ2) is 15.6. The fourth-order valence-corrected chi connectivity index (χ4v) is 11.3. The summed E-state index contributed by atoms with van der Waals surface area (Å²) in [4.78, 5) is 98.4. The molecule has 0 spiro atoms. The van der Waals surface area contributed by atoms with Crippen molar-refractivity contribution in [1.29, 1.82) is 0 Å². The van der Waals surface area contributed by atoms with E-state index in [1.165, 1.54) is 33.6 Å². The molecule has 2 fully saturated rings. The average molecular weight is 811 g/mol. The standard InChI is InChI=1S/C29H34N10O10S4/c1-12-5-7-16-20(34-22(40)18(36-46-3)14-9-50-26(30)32-14)24(42)38(16)52(12)28(44)48-11-49-29(45)53-13(2)6-8-17-21(25(43)39(17)53)35-23(41)19(37-47-4)15-10-51-27(31)33-15/h9-10,16-17,20-21H,5-8,11H2,1-4H3,(H2,30,32)(H2,31,33)(H,34,40)(H,35,41)/t16-,17-,20-,21-,52?,53?/m1/s1. The van der Waals surface area contributed by atoms with Crippen LogP contribution in [0.1, 0.15) is 50.9 Å². The molecule has 4 amide bonds. The molecule has 20 nitrogen and oxygen atoms in total. The van der Waals surface area contributed by atoms with Gasteiger partial charge in [-0.2, -0.15) is 0 Å². The van der Waals surface area contributed by atoms with Crippen molar-refractivity contribution >= 4 is 110 Å². The average Bonchev–Trinajstić information content (AvgIpc) is 3.77. The molecule has 0 aliphatic carbocycles. The lowest BCUT2D eigenvalue weighted by atomic mass is 9.93. The monoisotopic (exact) mass is 810 g/mol. The Morgan fingerprint density at radius 3 is 1.53 bits per heavy atom. The van der Waals surface area contributed by atoms with E-state index in [-0.39, 0.29) is 33.1 Å². The summed E-state index contributed by atoms with van der Waals surface area (Å²) in [5.74, 6) is -2.39. The number of nitrogens with two attached hydrogens (primary N) is 2. The highest BCUT2D eigenvalue weighted by atomic mass is 32.2. The molecule has 2 unspecified atom stereocenters. The van der Waals surface area contributed by atoms with Crippen LogP contribution in [0.5, 0.6) is 0 Å². The highest BCUT2D eigenvalue weighted by Gasteiger charge is 2.55. The van der Waals surface area contributed by atoms with Gasteiger partial charge in [-0.3, -0.25) is 27.8 Å². The number of nitrogens with zero attached hydrogens (tertiary/aromatic N) is 6. The number of hydrogen-bond acceptors (Lipinski definition) is 18. The number of fused-ring (bicyclic) bond motifs is 2. The Hall–Kier alpha value is -4.94. The van der Waals surface area contributed by atoms with E-state index in [4.69, 9.17) is 30.6 Å². The molecule has 4 aliphatic heterocycles.